The number of phenolic OH excluding ortho intramolecular Hbond substituents is 1. The molecule has 0 radical (unpaired) electrons. The summed E-state index contributed by atoms with van der Waals surface area (Å²) in [5, 5.41) is 16.0. The van der Waals surface area contributed by atoms with Crippen LogP contribution in [0.2, 0.25) is 0 Å². The molecule has 3 N–H and O–H groups in total. The van der Waals surface area contributed by atoms with Crippen molar-refractivity contribution in [2.45, 2.75) is 6.92 Å². The van der Waals surface area contributed by atoms with E-state index >= 15 is 0 Å². The van der Waals surface area contributed by atoms with Crippen LogP contribution in [0.25, 0.3) is 0 Å². The van der Waals surface area contributed by atoms with E-state index in [0.29, 0.717) is 16.9 Å². The third kappa shape index (κ3) is 5.07. The number of hydrogen-bond acceptors (Lipinski definition) is 5. The molecule has 2 aromatic rings. The molecule has 0 fully saturated rings. The number of carbonyl (C=O) groups is 2. The number of amides is 2. The summed E-state index contributed by atoms with van der Waals surface area (Å²) in [6.07, 6.45) is 1.29. The van der Waals surface area contributed by atoms with Crippen LogP contribution in [0.1, 0.15) is 21.5 Å². The minimum atomic E-state index is -0.486. The largest absolute Gasteiger partial charge is 0.507 e. The molecule has 0 saturated heterocycles. The Balaban J connectivity index is 1.87. The summed E-state index contributed by atoms with van der Waals surface area (Å²) in [6.45, 7) is 1.61. The lowest BCUT2D eigenvalue weighted by Crippen LogP contribution is -2.35. The second-order valence-corrected chi connectivity index (χ2v) is 5.22. The van der Waals surface area contributed by atoms with Gasteiger partial charge in [-0.05, 0) is 36.8 Å². The van der Waals surface area contributed by atoms with Crippen LogP contribution in [0.15, 0.2) is 47.6 Å². The molecule has 0 atom stereocenters. The Kier molecular flexibility index (Phi) is 6.11. The number of ether oxygens (including phenoxy) is 1. The summed E-state index contributed by atoms with van der Waals surface area (Å²) in [5.41, 5.74) is 4.01. The summed E-state index contributed by atoms with van der Waals surface area (Å²) < 4.78 is 5.05. The highest BCUT2D eigenvalue weighted by molar-refractivity contribution is 5.97. The highest BCUT2D eigenvalue weighted by Gasteiger charge is 2.09. The number of hydrogen-bond donors (Lipinski definition) is 3. The van der Waals surface area contributed by atoms with Gasteiger partial charge in [0.25, 0.3) is 11.8 Å². The number of carbonyl (C=O) groups excluding carboxylic acids is 2. The van der Waals surface area contributed by atoms with Gasteiger partial charge < -0.3 is 15.2 Å². The minimum Gasteiger partial charge on any atom is -0.507 e. The smallest absolute Gasteiger partial charge is 0.259 e. The zero-order chi connectivity index (χ0) is 18.2. The average molecular weight is 341 g/mol. The van der Waals surface area contributed by atoms with E-state index in [1.54, 1.807) is 24.3 Å². The van der Waals surface area contributed by atoms with Crippen LogP contribution < -0.4 is 15.5 Å². The summed E-state index contributed by atoms with van der Waals surface area (Å²) in [7, 11) is 1.51. The molecular weight excluding hydrogens is 322 g/mol. The zero-order valence-corrected chi connectivity index (χ0v) is 13.9. The van der Waals surface area contributed by atoms with E-state index in [0.717, 1.165) is 5.56 Å². The Morgan fingerprint density at radius 2 is 2.00 bits per heavy atom. The number of aromatic hydroxyl groups is 1. The molecule has 0 bridgehead atoms. The first-order valence-electron chi connectivity index (χ1n) is 7.54. The number of nitrogens with zero attached hydrogens (tertiary/aromatic N) is 1. The van der Waals surface area contributed by atoms with Gasteiger partial charge in [0.2, 0.25) is 0 Å². The Morgan fingerprint density at radius 1 is 1.24 bits per heavy atom. The normalized spacial score (nSPS) is 10.5. The lowest BCUT2D eigenvalue weighted by atomic mass is 10.1. The van der Waals surface area contributed by atoms with Gasteiger partial charge in [-0.1, -0.05) is 18.2 Å². The van der Waals surface area contributed by atoms with Gasteiger partial charge in [0.1, 0.15) is 11.5 Å². The van der Waals surface area contributed by atoms with Crippen LogP contribution in [0, 0.1) is 6.92 Å². The summed E-state index contributed by atoms with van der Waals surface area (Å²) in [4.78, 5) is 23.7. The second kappa shape index (κ2) is 8.49. The van der Waals surface area contributed by atoms with Crippen LogP contribution in [0.4, 0.5) is 0 Å². The van der Waals surface area contributed by atoms with E-state index in [4.69, 9.17) is 4.74 Å². The highest BCUT2D eigenvalue weighted by Crippen LogP contribution is 2.20. The van der Waals surface area contributed by atoms with Crippen molar-refractivity contribution in [2.24, 2.45) is 5.10 Å². The van der Waals surface area contributed by atoms with Crippen molar-refractivity contribution >= 4 is 18.0 Å². The van der Waals surface area contributed by atoms with E-state index in [1.807, 2.05) is 19.1 Å². The molecule has 0 unspecified atom stereocenters. The van der Waals surface area contributed by atoms with E-state index in [-0.39, 0.29) is 18.2 Å². The number of phenols is 1. The monoisotopic (exact) mass is 341 g/mol. The van der Waals surface area contributed by atoms with E-state index in [2.05, 4.69) is 15.8 Å². The topological polar surface area (TPSA) is 100 Å². The molecule has 0 heterocycles. The van der Waals surface area contributed by atoms with Gasteiger partial charge in [-0.15, -0.1) is 0 Å². The number of hydrazone groups is 1. The van der Waals surface area contributed by atoms with Crippen molar-refractivity contribution in [3.63, 3.8) is 0 Å². The first-order valence-corrected chi connectivity index (χ1v) is 7.54. The van der Waals surface area contributed by atoms with Gasteiger partial charge >= 0.3 is 0 Å². The molecule has 0 spiro atoms. The quantitative estimate of drug-likeness (QED) is 0.549. The van der Waals surface area contributed by atoms with Crippen molar-refractivity contribution in [1.82, 2.24) is 10.7 Å². The standard InChI is InChI=1S/C18H19N3O4/c1-12-5-3-4-6-15(12)18(24)19-11-17(23)21-20-10-13-9-14(25-2)7-8-16(13)22/h3-10,22H,11H2,1-2H3,(H,19,24)(H,21,23)/b20-10-. The van der Waals surface area contributed by atoms with E-state index in [1.165, 1.54) is 19.4 Å². The number of methoxy groups -OCH3 is 1. The Bertz CT molecular complexity index is 803. The average Bonchev–Trinajstić information content (AvgIpc) is 2.61. The first-order chi connectivity index (χ1) is 12.0. The Hall–Kier alpha value is -3.35. The molecule has 0 aliphatic heterocycles. The number of benzene rings is 2. The Morgan fingerprint density at radius 3 is 2.72 bits per heavy atom. The third-order valence-corrected chi connectivity index (χ3v) is 3.43. The summed E-state index contributed by atoms with van der Waals surface area (Å²) >= 11 is 0. The molecule has 0 aliphatic rings. The zero-order valence-electron chi connectivity index (χ0n) is 13.9. The van der Waals surface area contributed by atoms with Gasteiger partial charge in [-0.3, -0.25) is 9.59 Å². The minimum absolute atomic E-state index is 0.00616. The van der Waals surface area contributed by atoms with Crippen molar-refractivity contribution in [1.29, 1.82) is 0 Å². The molecule has 130 valence electrons. The number of nitrogens with one attached hydrogen (secondary N) is 2. The van der Waals surface area contributed by atoms with Gasteiger partial charge in [0.05, 0.1) is 19.9 Å². The molecule has 2 amide bonds. The van der Waals surface area contributed by atoms with E-state index < -0.39 is 5.91 Å². The predicted octanol–water partition coefficient (Wildman–Crippen LogP) is 1.59. The number of rotatable bonds is 6. The van der Waals surface area contributed by atoms with E-state index in [9.17, 15) is 14.7 Å². The first kappa shape index (κ1) is 18.0. The molecule has 0 aliphatic carbocycles. The maximum Gasteiger partial charge on any atom is 0.259 e. The van der Waals surface area contributed by atoms with Crippen LogP contribution >= 0.6 is 0 Å². The van der Waals surface area contributed by atoms with Crippen molar-refractivity contribution in [3.8, 4) is 11.5 Å². The fraction of sp³-hybridized carbons (Fsp3) is 0.167. The fourth-order valence-electron chi connectivity index (χ4n) is 2.06. The molecule has 7 nitrogen and oxygen atoms in total. The SMILES string of the molecule is COc1ccc(O)c(/C=N\NC(=O)CNC(=O)c2ccccc2C)c1. The lowest BCUT2D eigenvalue weighted by molar-refractivity contribution is -0.120. The van der Waals surface area contributed by atoms with Crippen LogP contribution in [0.3, 0.4) is 0 Å². The number of aryl methyl sites for hydroxylation is 1. The highest BCUT2D eigenvalue weighted by atomic mass is 16.5. The van der Waals surface area contributed by atoms with Gasteiger partial charge in [0, 0.05) is 11.1 Å². The van der Waals surface area contributed by atoms with Crippen LogP contribution in [0.5, 0.6) is 11.5 Å². The molecule has 0 aromatic heterocycles. The van der Waals surface area contributed by atoms with Crippen molar-refractivity contribution in [2.75, 3.05) is 13.7 Å². The third-order valence-electron chi connectivity index (χ3n) is 3.43. The summed E-state index contributed by atoms with van der Waals surface area (Å²) in [6, 6.07) is 11.7. The van der Waals surface area contributed by atoms with Crippen molar-refractivity contribution in [3.05, 3.63) is 59.2 Å². The summed E-state index contributed by atoms with van der Waals surface area (Å²) in [5.74, 6) is -0.258. The van der Waals surface area contributed by atoms with Crippen LogP contribution in [-0.4, -0.2) is 36.8 Å². The molecule has 25 heavy (non-hydrogen) atoms. The molecule has 2 rings (SSSR count). The second-order valence-electron chi connectivity index (χ2n) is 5.22. The maximum absolute atomic E-state index is 12.0. The Labute approximate surface area is 145 Å². The van der Waals surface area contributed by atoms with Crippen LogP contribution in [-0.2, 0) is 4.79 Å². The van der Waals surface area contributed by atoms with Crippen molar-refractivity contribution < 1.29 is 19.4 Å². The van der Waals surface area contributed by atoms with Gasteiger partial charge in [-0.25, -0.2) is 5.43 Å². The maximum atomic E-state index is 12.0. The fourth-order valence-corrected chi connectivity index (χ4v) is 2.06. The van der Waals surface area contributed by atoms with Gasteiger partial charge in [-0.2, -0.15) is 5.10 Å². The molecule has 2 aromatic carbocycles. The van der Waals surface area contributed by atoms with Gasteiger partial charge in [0.15, 0.2) is 0 Å². The molecule has 7 heteroatoms. The molecule has 0 saturated carbocycles. The predicted molar refractivity (Wildman–Crippen MR) is 93.9 cm³/mol. The lowest BCUT2D eigenvalue weighted by Gasteiger charge is -2.06. The molecular formula is C18H19N3O4.